The van der Waals surface area contributed by atoms with Crippen LogP contribution in [-0.4, -0.2) is 16.2 Å². The van der Waals surface area contributed by atoms with E-state index in [0.717, 1.165) is 22.3 Å². The number of phenols is 2. The molecule has 0 unspecified atom stereocenters. The number of carbonyl (C=O) groups excluding carboxylic acids is 1. The second-order valence-corrected chi connectivity index (χ2v) is 13.4. The fourth-order valence-electron chi connectivity index (χ4n) is 3.99. The van der Waals surface area contributed by atoms with Crippen molar-refractivity contribution in [3.63, 3.8) is 0 Å². The number of carbonyl (C=O) groups is 1. The van der Waals surface area contributed by atoms with Crippen molar-refractivity contribution in [2.75, 3.05) is 10.6 Å². The maximum Gasteiger partial charge on any atom is 0.323 e. The van der Waals surface area contributed by atoms with Crippen molar-refractivity contribution in [1.82, 2.24) is 0 Å². The highest BCUT2D eigenvalue weighted by Gasteiger charge is 2.28. The third-order valence-electron chi connectivity index (χ3n) is 5.97. The first-order valence-electron chi connectivity index (χ1n) is 12.0. The number of urea groups is 1. The van der Waals surface area contributed by atoms with E-state index in [0.29, 0.717) is 11.4 Å². The van der Waals surface area contributed by atoms with Gasteiger partial charge in [-0.15, -0.1) is 0 Å². The van der Waals surface area contributed by atoms with Gasteiger partial charge in [0.1, 0.15) is 11.5 Å². The first-order valence-corrected chi connectivity index (χ1v) is 12.0. The molecule has 2 amide bonds. The molecule has 0 fully saturated rings. The van der Waals surface area contributed by atoms with Gasteiger partial charge in [0.15, 0.2) is 0 Å². The van der Waals surface area contributed by atoms with E-state index in [9.17, 15) is 15.0 Å². The zero-order chi connectivity index (χ0) is 26.4. The Labute approximate surface area is 206 Å². The second-order valence-electron chi connectivity index (χ2n) is 13.4. The van der Waals surface area contributed by atoms with Crippen molar-refractivity contribution in [1.29, 1.82) is 0 Å². The summed E-state index contributed by atoms with van der Waals surface area (Å²) in [5.41, 5.74) is 3.20. The van der Waals surface area contributed by atoms with Gasteiger partial charge < -0.3 is 20.8 Å². The standard InChI is InChI=1S/C29H44N2O3/c1-26(2,3)19-13-17(14-20(23(19)32)27(4,5)6)30-25(34)31-18-15-21(28(7,8)9)24(33)22(16-18)29(10,11)12/h13-16,32-33H,1-12H3,(H2,30,31,34). The summed E-state index contributed by atoms with van der Waals surface area (Å²) < 4.78 is 0. The fourth-order valence-corrected chi connectivity index (χ4v) is 3.99. The van der Waals surface area contributed by atoms with E-state index in [2.05, 4.69) is 10.6 Å². The Morgan fingerprint density at radius 3 is 0.912 bits per heavy atom. The van der Waals surface area contributed by atoms with Crippen molar-refractivity contribution in [3.8, 4) is 11.5 Å². The zero-order valence-corrected chi connectivity index (χ0v) is 23.1. The summed E-state index contributed by atoms with van der Waals surface area (Å²) in [6.07, 6.45) is 0. The Morgan fingerprint density at radius 2 is 0.735 bits per heavy atom. The van der Waals surface area contributed by atoms with Gasteiger partial charge in [-0.2, -0.15) is 0 Å². The van der Waals surface area contributed by atoms with Crippen LogP contribution in [0.4, 0.5) is 16.2 Å². The lowest BCUT2D eigenvalue weighted by Crippen LogP contribution is -2.23. The monoisotopic (exact) mass is 468 g/mol. The summed E-state index contributed by atoms with van der Waals surface area (Å²) in [7, 11) is 0. The molecule has 0 aliphatic carbocycles. The number of phenolic OH excluding ortho intramolecular Hbond substituents is 2. The number of amides is 2. The predicted molar refractivity (Wildman–Crippen MR) is 144 cm³/mol. The van der Waals surface area contributed by atoms with Crippen LogP contribution in [0.2, 0.25) is 0 Å². The first-order chi connectivity index (χ1) is 15.1. The maximum atomic E-state index is 13.0. The topological polar surface area (TPSA) is 81.6 Å². The molecule has 5 nitrogen and oxygen atoms in total. The molecule has 2 aromatic carbocycles. The number of aromatic hydroxyl groups is 2. The van der Waals surface area contributed by atoms with Gasteiger partial charge in [0.05, 0.1) is 0 Å². The Bertz CT molecular complexity index is 917. The van der Waals surface area contributed by atoms with Gasteiger partial charge in [-0.25, -0.2) is 4.79 Å². The fraction of sp³-hybridized carbons (Fsp3) is 0.552. The third-order valence-corrected chi connectivity index (χ3v) is 5.97. The van der Waals surface area contributed by atoms with Crippen LogP contribution >= 0.6 is 0 Å². The number of hydrogen-bond acceptors (Lipinski definition) is 3. The normalized spacial score (nSPS) is 13.1. The molecule has 0 bridgehead atoms. The summed E-state index contributed by atoms with van der Waals surface area (Å²) in [4.78, 5) is 13.0. The molecule has 0 saturated carbocycles. The van der Waals surface area contributed by atoms with Crippen LogP contribution in [0, 0.1) is 0 Å². The molecule has 0 spiro atoms. The zero-order valence-electron chi connectivity index (χ0n) is 23.1. The Hall–Kier alpha value is -2.69. The molecule has 2 rings (SSSR count). The maximum absolute atomic E-state index is 13.0. The molecule has 34 heavy (non-hydrogen) atoms. The van der Waals surface area contributed by atoms with Gasteiger partial charge in [-0.3, -0.25) is 0 Å². The Balaban J connectivity index is 2.49. The van der Waals surface area contributed by atoms with Gasteiger partial charge in [-0.05, 0) is 45.9 Å². The summed E-state index contributed by atoms with van der Waals surface area (Å²) in [6, 6.07) is 6.96. The van der Waals surface area contributed by atoms with Crippen LogP contribution in [-0.2, 0) is 21.7 Å². The quantitative estimate of drug-likeness (QED) is 0.338. The molecule has 2 aromatic rings. The molecule has 0 aliphatic rings. The smallest absolute Gasteiger partial charge is 0.323 e. The van der Waals surface area contributed by atoms with Crippen LogP contribution in [0.1, 0.15) is 105 Å². The molecule has 0 saturated heterocycles. The summed E-state index contributed by atoms with van der Waals surface area (Å²) in [6.45, 7) is 24.5. The number of benzene rings is 2. The van der Waals surface area contributed by atoms with Gasteiger partial charge in [0, 0.05) is 33.6 Å². The van der Waals surface area contributed by atoms with E-state index < -0.39 is 0 Å². The number of hydrogen-bond donors (Lipinski definition) is 4. The molecule has 4 N–H and O–H groups in total. The van der Waals surface area contributed by atoms with Crippen LogP contribution in [0.5, 0.6) is 11.5 Å². The van der Waals surface area contributed by atoms with E-state index in [1.165, 1.54) is 0 Å². The third kappa shape index (κ3) is 6.25. The average Bonchev–Trinajstić information content (AvgIpc) is 2.60. The highest BCUT2D eigenvalue weighted by Crippen LogP contribution is 2.42. The molecule has 188 valence electrons. The molecule has 0 heterocycles. The van der Waals surface area contributed by atoms with Crippen molar-refractivity contribution in [2.45, 2.75) is 105 Å². The predicted octanol–water partition coefficient (Wildman–Crippen LogP) is 7.93. The Kier molecular flexibility index (Phi) is 7.15. The van der Waals surface area contributed by atoms with Crippen molar-refractivity contribution < 1.29 is 15.0 Å². The lowest BCUT2D eigenvalue weighted by molar-refractivity contribution is 0.262. The molecule has 5 heteroatoms. The van der Waals surface area contributed by atoms with Gasteiger partial charge in [-0.1, -0.05) is 83.1 Å². The largest absolute Gasteiger partial charge is 0.507 e. The van der Waals surface area contributed by atoms with Gasteiger partial charge >= 0.3 is 6.03 Å². The van der Waals surface area contributed by atoms with Crippen molar-refractivity contribution >= 4 is 17.4 Å². The number of anilines is 2. The van der Waals surface area contributed by atoms with E-state index in [1.807, 2.05) is 107 Å². The van der Waals surface area contributed by atoms with Gasteiger partial charge in [0.2, 0.25) is 0 Å². The van der Waals surface area contributed by atoms with Crippen LogP contribution < -0.4 is 10.6 Å². The SMILES string of the molecule is CC(C)(C)c1cc(NC(=O)Nc2cc(C(C)(C)C)c(O)c(C(C)(C)C)c2)cc(C(C)(C)C)c1O. The number of rotatable bonds is 2. The average molecular weight is 469 g/mol. The minimum Gasteiger partial charge on any atom is -0.507 e. The van der Waals surface area contributed by atoms with Gasteiger partial charge in [0.25, 0.3) is 0 Å². The van der Waals surface area contributed by atoms with E-state index in [1.54, 1.807) is 0 Å². The van der Waals surface area contributed by atoms with E-state index in [-0.39, 0.29) is 39.2 Å². The van der Waals surface area contributed by atoms with Crippen LogP contribution in [0.15, 0.2) is 24.3 Å². The first kappa shape index (κ1) is 27.6. The number of nitrogens with one attached hydrogen (secondary N) is 2. The highest BCUT2D eigenvalue weighted by atomic mass is 16.3. The van der Waals surface area contributed by atoms with E-state index in [4.69, 9.17) is 0 Å². The Morgan fingerprint density at radius 1 is 0.529 bits per heavy atom. The molecular formula is C29H44N2O3. The van der Waals surface area contributed by atoms with Crippen LogP contribution in [0.25, 0.3) is 0 Å². The summed E-state index contributed by atoms with van der Waals surface area (Å²) >= 11 is 0. The van der Waals surface area contributed by atoms with Crippen molar-refractivity contribution in [3.05, 3.63) is 46.5 Å². The molecule has 0 aliphatic heterocycles. The summed E-state index contributed by atoms with van der Waals surface area (Å²) in [5.74, 6) is 0.545. The molecular weight excluding hydrogens is 424 g/mol. The van der Waals surface area contributed by atoms with Crippen LogP contribution in [0.3, 0.4) is 0 Å². The summed E-state index contributed by atoms with van der Waals surface area (Å²) in [5, 5.41) is 27.8. The van der Waals surface area contributed by atoms with Crippen molar-refractivity contribution in [2.24, 2.45) is 0 Å². The molecule has 0 atom stereocenters. The second kappa shape index (κ2) is 8.83. The minimum absolute atomic E-state index is 0.272. The minimum atomic E-state index is -0.379. The molecule has 0 aromatic heterocycles. The molecule has 0 radical (unpaired) electrons. The highest BCUT2D eigenvalue weighted by molar-refractivity contribution is 6.00. The lowest BCUT2D eigenvalue weighted by atomic mass is 9.79. The van der Waals surface area contributed by atoms with E-state index >= 15 is 0 Å². The lowest BCUT2D eigenvalue weighted by Gasteiger charge is -2.29.